The van der Waals surface area contributed by atoms with Gasteiger partial charge in [0, 0.05) is 19.8 Å². The van der Waals surface area contributed by atoms with Crippen LogP contribution in [-0.2, 0) is 0 Å². The molecule has 0 aromatic heterocycles. The van der Waals surface area contributed by atoms with Crippen LogP contribution in [0.25, 0.3) is 0 Å². The van der Waals surface area contributed by atoms with E-state index in [4.69, 9.17) is 6.42 Å². The Balaban J connectivity index is 3.56. The molecule has 0 rings (SSSR count). The van der Waals surface area contributed by atoms with Crippen molar-refractivity contribution >= 4 is 0 Å². The van der Waals surface area contributed by atoms with Crippen molar-refractivity contribution in [2.75, 3.05) is 0 Å². The number of terminal acetylenes is 1. The maximum absolute atomic E-state index is 5.16. The second-order valence-electron chi connectivity index (χ2n) is 2.57. The molecule has 0 heteroatoms. The second-order valence-corrected chi connectivity index (χ2v) is 2.57. The van der Waals surface area contributed by atoms with Crippen LogP contribution < -0.4 is 0 Å². The van der Waals surface area contributed by atoms with E-state index < -0.39 is 0 Å². The molecule has 1 atom stereocenters. The molecule has 0 aliphatic carbocycles. The summed E-state index contributed by atoms with van der Waals surface area (Å²) in [7, 11) is 0. The maximum Gasteiger partial charge on any atom is 0.0198 e. The van der Waals surface area contributed by atoms with E-state index in [0.29, 0.717) is 5.92 Å². The van der Waals surface area contributed by atoms with Gasteiger partial charge in [0.15, 0.2) is 0 Å². The molecule has 0 amide bonds. The van der Waals surface area contributed by atoms with Gasteiger partial charge in [-0.3, -0.25) is 0 Å². The van der Waals surface area contributed by atoms with Crippen LogP contribution in [0.3, 0.4) is 0 Å². The lowest BCUT2D eigenvalue weighted by Crippen LogP contribution is -1.96. The first-order chi connectivity index (χ1) is 5.35. The SMILES string of the molecule is C#CCCC(CC)CC#C[CH2]. The number of rotatable bonds is 4. The van der Waals surface area contributed by atoms with E-state index in [-0.39, 0.29) is 0 Å². The van der Waals surface area contributed by atoms with Crippen LogP contribution in [0.1, 0.15) is 32.6 Å². The molecular weight excluding hydrogens is 132 g/mol. The lowest BCUT2D eigenvalue weighted by atomic mass is 9.97. The Bertz CT molecular complexity index is 172. The van der Waals surface area contributed by atoms with Crippen molar-refractivity contribution in [2.45, 2.75) is 32.6 Å². The summed E-state index contributed by atoms with van der Waals surface area (Å²) in [4.78, 5) is 0. The monoisotopic (exact) mass is 147 g/mol. The molecule has 0 N–H and O–H groups in total. The fourth-order valence-electron chi connectivity index (χ4n) is 0.954. The summed E-state index contributed by atoms with van der Waals surface area (Å²) in [5.41, 5.74) is 0. The Morgan fingerprint density at radius 3 is 2.73 bits per heavy atom. The predicted molar refractivity (Wildman–Crippen MR) is 49.6 cm³/mol. The minimum absolute atomic E-state index is 0.667. The highest BCUT2D eigenvalue weighted by molar-refractivity contribution is 5.02. The molecule has 0 aromatic carbocycles. The minimum atomic E-state index is 0.667. The first-order valence-corrected chi connectivity index (χ1v) is 4.03. The van der Waals surface area contributed by atoms with Gasteiger partial charge in [0.25, 0.3) is 0 Å². The molecule has 59 valence electrons. The van der Waals surface area contributed by atoms with Gasteiger partial charge in [-0.15, -0.1) is 24.2 Å². The topological polar surface area (TPSA) is 0 Å². The van der Waals surface area contributed by atoms with E-state index in [2.05, 4.69) is 31.6 Å². The molecule has 0 bridgehead atoms. The third kappa shape index (κ3) is 5.56. The first kappa shape index (κ1) is 10.1. The van der Waals surface area contributed by atoms with E-state index >= 15 is 0 Å². The van der Waals surface area contributed by atoms with E-state index in [9.17, 15) is 0 Å². The summed E-state index contributed by atoms with van der Waals surface area (Å²) in [5.74, 6) is 8.95. The molecule has 0 saturated heterocycles. The summed E-state index contributed by atoms with van der Waals surface area (Å²) >= 11 is 0. The third-order valence-electron chi connectivity index (χ3n) is 1.79. The van der Waals surface area contributed by atoms with Crippen molar-refractivity contribution in [3.05, 3.63) is 6.92 Å². The Labute approximate surface area is 70.4 Å². The molecular formula is C11H15. The molecule has 1 unspecified atom stereocenters. The first-order valence-electron chi connectivity index (χ1n) is 4.03. The Kier molecular flexibility index (Phi) is 6.65. The van der Waals surface area contributed by atoms with Gasteiger partial charge in [-0.1, -0.05) is 13.3 Å². The summed E-state index contributed by atoms with van der Waals surface area (Å²) in [5, 5.41) is 0. The fraction of sp³-hybridized carbons (Fsp3) is 0.545. The smallest absolute Gasteiger partial charge is 0.0198 e. The third-order valence-corrected chi connectivity index (χ3v) is 1.79. The van der Waals surface area contributed by atoms with Gasteiger partial charge >= 0.3 is 0 Å². The van der Waals surface area contributed by atoms with Crippen molar-refractivity contribution in [2.24, 2.45) is 5.92 Å². The van der Waals surface area contributed by atoms with Crippen LogP contribution in [0.15, 0.2) is 0 Å². The zero-order valence-corrected chi connectivity index (χ0v) is 7.19. The van der Waals surface area contributed by atoms with Crippen molar-refractivity contribution in [1.29, 1.82) is 0 Å². The zero-order valence-electron chi connectivity index (χ0n) is 7.19. The van der Waals surface area contributed by atoms with E-state index in [1.165, 1.54) is 0 Å². The van der Waals surface area contributed by atoms with Crippen molar-refractivity contribution in [1.82, 2.24) is 0 Å². The normalized spacial score (nSPS) is 11.0. The molecule has 0 aromatic rings. The molecule has 1 radical (unpaired) electrons. The number of hydrogen-bond donors (Lipinski definition) is 0. The Morgan fingerprint density at radius 1 is 1.55 bits per heavy atom. The van der Waals surface area contributed by atoms with E-state index in [1.54, 1.807) is 0 Å². The van der Waals surface area contributed by atoms with Crippen LogP contribution in [-0.4, -0.2) is 0 Å². The predicted octanol–water partition coefficient (Wildman–Crippen LogP) is 2.65. The highest BCUT2D eigenvalue weighted by Gasteiger charge is 2.01. The lowest BCUT2D eigenvalue weighted by molar-refractivity contribution is 0.490. The standard InChI is InChI=1S/C11H15/c1-4-7-9-11(6-3)10-8-5-2/h1,11H,2,6-7,9-10H2,3H3. The van der Waals surface area contributed by atoms with Crippen molar-refractivity contribution in [3.63, 3.8) is 0 Å². The van der Waals surface area contributed by atoms with E-state index in [0.717, 1.165) is 25.7 Å². The van der Waals surface area contributed by atoms with E-state index in [1.807, 2.05) is 0 Å². The summed E-state index contributed by atoms with van der Waals surface area (Å²) in [6, 6.07) is 0. The molecule has 0 nitrogen and oxygen atoms in total. The molecule has 0 fully saturated rings. The van der Waals surface area contributed by atoms with Gasteiger partial charge in [0.1, 0.15) is 0 Å². The van der Waals surface area contributed by atoms with Gasteiger partial charge in [-0.05, 0) is 12.3 Å². The summed E-state index contributed by atoms with van der Waals surface area (Å²) in [6.07, 6.45) is 9.24. The Morgan fingerprint density at radius 2 is 2.27 bits per heavy atom. The van der Waals surface area contributed by atoms with Gasteiger partial charge in [-0.25, -0.2) is 0 Å². The molecule has 11 heavy (non-hydrogen) atoms. The van der Waals surface area contributed by atoms with Crippen LogP contribution in [0.2, 0.25) is 0 Å². The van der Waals surface area contributed by atoms with Crippen LogP contribution in [0.5, 0.6) is 0 Å². The number of hydrogen-bond acceptors (Lipinski definition) is 0. The summed E-state index contributed by atoms with van der Waals surface area (Å²) < 4.78 is 0. The molecule has 0 heterocycles. The van der Waals surface area contributed by atoms with Gasteiger partial charge < -0.3 is 0 Å². The highest BCUT2D eigenvalue weighted by atomic mass is 14.1. The minimum Gasteiger partial charge on any atom is -0.120 e. The summed E-state index contributed by atoms with van der Waals surface area (Å²) in [6.45, 7) is 5.64. The molecule has 0 aliphatic heterocycles. The zero-order chi connectivity index (χ0) is 8.53. The second kappa shape index (κ2) is 7.23. The fourth-order valence-corrected chi connectivity index (χ4v) is 0.954. The van der Waals surface area contributed by atoms with Crippen LogP contribution in [0, 0.1) is 37.0 Å². The van der Waals surface area contributed by atoms with Crippen LogP contribution in [0.4, 0.5) is 0 Å². The largest absolute Gasteiger partial charge is 0.120 e. The molecule has 0 aliphatic rings. The lowest BCUT2D eigenvalue weighted by Gasteiger charge is -2.07. The highest BCUT2D eigenvalue weighted by Crippen LogP contribution is 2.13. The van der Waals surface area contributed by atoms with Gasteiger partial charge in [0.2, 0.25) is 0 Å². The average Bonchev–Trinajstić information content (AvgIpc) is 2.05. The van der Waals surface area contributed by atoms with Crippen molar-refractivity contribution in [3.8, 4) is 24.2 Å². The quantitative estimate of drug-likeness (QED) is 0.536. The molecule has 0 spiro atoms. The van der Waals surface area contributed by atoms with Gasteiger partial charge in [-0.2, -0.15) is 0 Å². The van der Waals surface area contributed by atoms with Crippen molar-refractivity contribution < 1.29 is 0 Å². The maximum atomic E-state index is 5.16. The molecule has 0 saturated carbocycles. The van der Waals surface area contributed by atoms with Crippen LogP contribution >= 0.6 is 0 Å². The Hall–Kier alpha value is -0.880. The van der Waals surface area contributed by atoms with Gasteiger partial charge in [0.05, 0.1) is 0 Å². The average molecular weight is 147 g/mol.